The van der Waals surface area contributed by atoms with E-state index in [1.165, 1.54) is 30.3 Å². The summed E-state index contributed by atoms with van der Waals surface area (Å²) in [7, 11) is -4.16. The van der Waals surface area contributed by atoms with Crippen LogP contribution in [0.25, 0.3) is 22.1 Å². The zero-order valence-corrected chi connectivity index (χ0v) is 24.6. The molecule has 1 unspecified atom stereocenters. The molecule has 1 fully saturated rings. The summed E-state index contributed by atoms with van der Waals surface area (Å²) in [5, 5.41) is 4.63. The molecule has 1 saturated heterocycles. The summed E-state index contributed by atoms with van der Waals surface area (Å²) < 4.78 is 33.1. The Labute approximate surface area is 254 Å². The second-order valence-electron chi connectivity index (χ2n) is 10.3. The number of anilines is 1. The van der Waals surface area contributed by atoms with E-state index >= 15 is 0 Å². The van der Waals surface area contributed by atoms with Crippen molar-refractivity contribution in [2.24, 2.45) is 0 Å². The van der Waals surface area contributed by atoms with Crippen LogP contribution >= 0.6 is 11.6 Å². The van der Waals surface area contributed by atoms with Crippen LogP contribution in [0.3, 0.4) is 0 Å². The summed E-state index contributed by atoms with van der Waals surface area (Å²) in [6.07, 6.45) is 0.715. The van der Waals surface area contributed by atoms with Gasteiger partial charge in [-0.05, 0) is 77.7 Å². The third kappa shape index (κ3) is 6.19. The number of sulfonamides is 1. The van der Waals surface area contributed by atoms with Crippen molar-refractivity contribution in [2.45, 2.75) is 17.4 Å². The van der Waals surface area contributed by atoms with Gasteiger partial charge in [-0.1, -0.05) is 54.1 Å². The number of fused-ring (bicyclic) bond motifs is 1. The molecule has 43 heavy (non-hydrogen) atoms. The van der Waals surface area contributed by atoms with E-state index in [0.29, 0.717) is 11.8 Å². The van der Waals surface area contributed by atoms with E-state index in [4.69, 9.17) is 16.0 Å². The van der Waals surface area contributed by atoms with Crippen molar-refractivity contribution >= 4 is 44.2 Å². The summed E-state index contributed by atoms with van der Waals surface area (Å²) in [4.78, 5) is 26.6. The lowest BCUT2D eigenvalue weighted by Gasteiger charge is -2.38. The van der Waals surface area contributed by atoms with E-state index in [2.05, 4.69) is 33.1 Å². The van der Waals surface area contributed by atoms with Gasteiger partial charge in [0.1, 0.15) is 5.58 Å². The highest BCUT2D eigenvalue weighted by atomic mass is 35.5. The molecule has 5 aromatic rings. The molecule has 1 aromatic heterocycles. The van der Waals surface area contributed by atoms with Gasteiger partial charge in [-0.2, -0.15) is 0 Å². The maximum Gasteiger partial charge on any atom is 0.336 e. The minimum absolute atomic E-state index is 0.105. The molecule has 218 valence electrons. The first-order chi connectivity index (χ1) is 20.8. The van der Waals surface area contributed by atoms with Crippen molar-refractivity contribution in [1.29, 1.82) is 0 Å². The number of carbonyl (C=O) groups is 1. The number of halogens is 1. The van der Waals surface area contributed by atoms with Crippen LogP contribution in [0.1, 0.15) is 15.9 Å². The molecular weight excluding hydrogens is 586 g/mol. The van der Waals surface area contributed by atoms with Crippen molar-refractivity contribution in [2.75, 3.05) is 24.5 Å². The average molecular weight is 614 g/mol. The molecule has 10 heteroatoms. The highest BCUT2D eigenvalue weighted by Gasteiger charge is 2.26. The van der Waals surface area contributed by atoms with E-state index in [1.807, 2.05) is 42.5 Å². The van der Waals surface area contributed by atoms with Gasteiger partial charge in [0, 0.05) is 53.4 Å². The highest BCUT2D eigenvalue weighted by molar-refractivity contribution is 7.90. The third-order valence-electron chi connectivity index (χ3n) is 7.58. The molecule has 2 heterocycles. The zero-order chi connectivity index (χ0) is 30.0. The van der Waals surface area contributed by atoms with E-state index in [0.717, 1.165) is 47.0 Å². The van der Waals surface area contributed by atoms with Crippen molar-refractivity contribution in [1.82, 2.24) is 10.0 Å². The molecule has 8 nitrogen and oxygen atoms in total. The minimum atomic E-state index is -4.16. The summed E-state index contributed by atoms with van der Waals surface area (Å²) in [6.45, 7) is 2.33. The van der Waals surface area contributed by atoms with Crippen LogP contribution in [0.5, 0.6) is 0 Å². The van der Waals surface area contributed by atoms with E-state index < -0.39 is 21.6 Å². The Morgan fingerprint density at radius 3 is 2.53 bits per heavy atom. The first-order valence-corrected chi connectivity index (χ1v) is 15.7. The molecule has 2 N–H and O–H groups in total. The number of piperazine rings is 1. The van der Waals surface area contributed by atoms with Gasteiger partial charge < -0.3 is 14.6 Å². The molecule has 6 rings (SSSR count). The lowest BCUT2D eigenvalue weighted by atomic mass is 9.93. The number of carbonyl (C=O) groups excluding carboxylic acids is 1. The third-order valence-corrected chi connectivity index (χ3v) is 9.27. The average Bonchev–Trinajstić information content (AvgIpc) is 3.02. The van der Waals surface area contributed by atoms with Crippen LogP contribution in [0.2, 0.25) is 5.02 Å². The maximum absolute atomic E-state index is 13.0. The first-order valence-electron chi connectivity index (χ1n) is 13.8. The largest absolute Gasteiger partial charge is 0.423 e. The molecule has 4 aromatic carbocycles. The fourth-order valence-corrected chi connectivity index (χ4v) is 6.70. The van der Waals surface area contributed by atoms with Crippen molar-refractivity contribution in [3.63, 3.8) is 0 Å². The SMILES string of the molecule is O=C(NS(=O)(=O)c1ccc2oc(=O)ccc2c1)c1ccc(N2CCNCC2Cc2c(Cl)cccc2-c2ccccc2)cc1. The predicted octanol–water partition coefficient (Wildman–Crippen LogP) is 5.25. The second kappa shape index (κ2) is 12.0. The fourth-order valence-electron chi connectivity index (χ4n) is 5.43. The summed E-state index contributed by atoms with van der Waals surface area (Å²) in [6, 6.07) is 29.9. The summed E-state index contributed by atoms with van der Waals surface area (Å²) in [5.74, 6) is -0.744. The number of amides is 1. The van der Waals surface area contributed by atoms with Crippen molar-refractivity contribution in [3.05, 3.63) is 130 Å². The first kappa shape index (κ1) is 28.7. The molecule has 1 aliphatic rings. The minimum Gasteiger partial charge on any atom is -0.423 e. The Morgan fingerprint density at radius 1 is 0.953 bits per heavy atom. The van der Waals surface area contributed by atoms with Crippen molar-refractivity contribution in [3.8, 4) is 11.1 Å². The number of hydrogen-bond donors (Lipinski definition) is 2. The van der Waals surface area contributed by atoms with Gasteiger partial charge in [0.25, 0.3) is 15.9 Å². The molecule has 0 saturated carbocycles. The smallest absolute Gasteiger partial charge is 0.336 e. The van der Waals surface area contributed by atoms with Crippen LogP contribution < -0.4 is 20.6 Å². The monoisotopic (exact) mass is 613 g/mol. The number of nitrogens with zero attached hydrogens (tertiary/aromatic N) is 1. The van der Waals surface area contributed by atoms with Gasteiger partial charge in [-0.25, -0.2) is 17.9 Å². The number of nitrogens with one attached hydrogen (secondary N) is 2. The molecule has 1 aliphatic heterocycles. The standard InChI is InChI=1S/C33H28ClN3O5S/c34-30-8-4-7-28(22-5-2-1-3-6-22)29(30)20-26-21-35-17-18-37(26)25-12-9-23(10-13-25)33(39)36-43(40,41)27-14-15-31-24(19-27)11-16-32(38)42-31/h1-16,19,26,35H,17-18,20-21H2,(H,36,39). The molecule has 1 atom stereocenters. The van der Waals surface area contributed by atoms with E-state index in [9.17, 15) is 18.0 Å². The Kier molecular flexibility index (Phi) is 8.03. The number of rotatable bonds is 7. The van der Waals surface area contributed by atoms with Crippen molar-refractivity contribution < 1.29 is 17.6 Å². The number of hydrogen-bond acceptors (Lipinski definition) is 7. The van der Waals surface area contributed by atoms with Gasteiger partial charge in [0.05, 0.1) is 4.90 Å². The van der Waals surface area contributed by atoms with Crippen LogP contribution in [0.15, 0.2) is 117 Å². The normalized spacial score (nSPS) is 15.4. The van der Waals surface area contributed by atoms with Crippen LogP contribution in [0.4, 0.5) is 5.69 Å². The van der Waals surface area contributed by atoms with Gasteiger partial charge >= 0.3 is 5.63 Å². The van der Waals surface area contributed by atoms with Crippen LogP contribution in [-0.4, -0.2) is 40.0 Å². The summed E-state index contributed by atoms with van der Waals surface area (Å²) in [5.41, 5.74) is 4.14. The Hall–Kier alpha value is -4.44. The summed E-state index contributed by atoms with van der Waals surface area (Å²) >= 11 is 6.73. The quantitative estimate of drug-likeness (QED) is 0.241. The van der Waals surface area contributed by atoms with Crippen LogP contribution in [-0.2, 0) is 16.4 Å². The highest BCUT2D eigenvalue weighted by Crippen LogP contribution is 2.32. The second-order valence-corrected chi connectivity index (χ2v) is 12.4. The molecule has 0 bridgehead atoms. The zero-order valence-electron chi connectivity index (χ0n) is 23.0. The molecule has 0 aliphatic carbocycles. The molecule has 0 spiro atoms. The number of benzene rings is 4. The van der Waals surface area contributed by atoms with Gasteiger partial charge in [0.15, 0.2) is 0 Å². The van der Waals surface area contributed by atoms with E-state index in [-0.39, 0.29) is 22.1 Å². The Bertz CT molecular complexity index is 1960. The lowest BCUT2D eigenvalue weighted by Crippen LogP contribution is -2.52. The maximum atomic E-state index is 13.0. The predicted molar refractivity (Wildman–Crippen MR) is 168 cm³/mol. The van der Waals surface area contributed by atoms with E-state index in [1.54, 1.807) is 12.1 Å². The Balaban J connectivity index is 1.20. The Morgan fingerprint density at radius 2 is 1.74 bits per heavy atom. The van der Waals surface area contributed by atoms with Crippen LogP contribution in [0, 0.1) is 0 Å². The van der Waals surface area contributed by atoms with Gasteiger partial charge in [-0.3, -0.25) is 4.79 Å². The fraction of sp³-hybridized carbons (Fsp3) is 0.152. The molecule has 1 amide bonds. The van der Waals surface area contributed by atoms with Gasteiger partial charge in [0.2, 0.25) is 0 Å². The van der Waals surface area contributed by atoms with Gasteiger partial charge in [-0.15, -0.1) is 0 Å². The molecular formula is C33H28ClN3O5S. The topological polar surface area (TPSA) is 109 Å². The lowest BCUT2D eigenvalue weighted by molar-refractivity contribution is 0.0981. The molecule has 0 radical (unpaired) electrons.